The number of rotatable bonds is 4. The molecule has 5 nitrogen and oxygen atoms in total. The Hall–Kier alpha value is -2.48. The smallest absolute Gasteiger partial charge is 0.294 e. The van der Waals surface area contributed by atoms with Gasteiger partial charge in [-0.3, -0.25) is 14.5 Å². The number of carbonyl (C=O) groups is 2. The van der Waals surface area contributed by atoms with E-state index in [9.17, 15) is 14.7 Å². The van der Waals surface area contributed by atoms with Gasteiger partial charge in [-0.1, -0.05) is 23.7 Å². The maximum Gasteiger partial charge on any atom is 0.294 e. The predicted molar refractivity (Wildman–Crippen MR) is 116 cm³/mol. The lowest BCUT2D eigenvalue weighted by Gasteiger charge is -2.27. The lowest BCUT2D eigenvalue weighted by molar-refractivity contribution is -0.117. The van der Waals surface area contributed by atoms with Crippen LogP contribution >= 0.6 is 34.3 Å². The van der Waals surface area contributed by atoms with Crippen molar-refractivity contribution in [2.24, 2.45) is 0 Å². The summed E-state index contributed by atoms with van der Waals surface area (Å²) in [5.74, 6) is -1.52. The minimum atomic E-state index is -0.728. The van der Waals surface area contributed by atoms with Crippen LogP contribution in [0.15, 0.2) is 47.0 Å². The number of nitrogens with zero attached hydrogens (tertiary/aromatic N) is 2. The number of ketones is 1. The SMILES string of the molecule is Cc1nc(C)c(C(=O)C2=C(O)C(=O)N(c3cc(Cl)ccc3C)C2c2cccs2)s1. The Labute approximate surface area is 180 Å². The van der Waals surface area contributed by atoms with Gasteiger partial charge in [-0.15, -0.1) is 22.7 Å². The van der Waals surface area contributed by atoms with E-state index in [1.54, 1.807) is 19.1 Å². The number of carbonyl (C=O) groups excluding carboxylic acids is 2. The zero-order chi connectivity index (χ0) is 20.9. The van der Waals surface area contributed by atoms with Crippen LogP contribution in [0.5, 0.6) is 0 Å². The Morgan fingerprint density at radius 2 is 2.00 bits per heavy atom. The summed E-state index contributed by atoms with van der Waals surface area (Å²) in [5, 5.41) is 13.9. The Morgan fingerprint density at radius 1 is 1.24 bits per heavy atom. The monoisotopic (exact) mass is 444 g/mol. The highest BCUT2D eigenvalue weighted by Crippen LogP contribution is 2.45. The highest BCUT2D eigenvalue weighted by molar-refractivity contribution is 7.14. The molecule has 0 saturated carbocycles. The topological polar surface area (TPSA) is 70.5 Å². The predicted octanol–water partition coefficient (Wildman–Crippen LogP) is 5.57. The van der Waals surface area contributed by atoms with E-state index >= 15 is 0 Å². The van der Waals surface area contributed by atoms with Crippen LogP contribution < -0.4 is 4.90 Å². The molecule has 3 aromatic rings. The van der Waals surface area contributed by atoms with Crippen LogP contribution in [0.3, 0.4) is 0 Å². The molecule has 0 bridgehead atoms. The molecule has 4 rings (SSSR count). The molecule has 3 heterocycles. The molecule has 148 valence electrons. The van der Waals surface area contributed by atoms with Gasteiger partial charge < -0.3 is 5.11 Å². The van der Waals surface area contributed by atoms with Crippen molar-refractivity contribution in [1.29, 1.82) is 0 Å². The average Bonchev–Trinajstić information content (AvgIpc) is 3.37. The number of aromatic nitrogens is 1. The molecule has 0 spiro atoms. The molecule has 0 saturated heterocycles. The van der Waals surface area contributed by atoms with Crippen LogP contribution in [-0.2, 0) is 4.79 Å². The second kappa shape index (κ2) is 7.40. The summed E-state index contributed by atoms with van der Waals surface area (Å²) in [6.45, 7) is 5.43. The van der Waals surface area contributed by atoms with Gasteiger partial charge >= 0.3 is 0 Å². The number of amides is 1. The molecule has 1 atom stereocenters. The molecule has 1 aliphatic heterocycles. The number of aliphatic hydroxyl groups excluding tert-OH is 1. The van der Waals surface area contributed by atoms with Crippen LogP contribution in [0, 0.1) is 20.8 Å². The first kappa shape index (κ1) is 19.8. The zero-order valence-electron chi connectivity index (χ0n) is 15.9. The van der Waals surface area contributed by atoms with Gasteiger partial charge in [0.25, 0.3) is 5.91 Å². The van der Waals surface area contributed by atoms with Gasteiger partial charge in [0.05, 0.1) is 21.2 Å². The van der Waals surface area contributed by atoms with Crippen molar-refractivity contribution in [2.75, 3.05) is 4.90 Å². The van der Waals surface area contributed by atoms with E-state index < -0.39 is 17.7 Å². The minimum absolute atomic E-state index is 0.0728. The molecule has 29 heavy (non-hydrogen) atoms. The molecule has 1 N–H and O–H groups in total. The van der Waals surface area contributed by atoms with E-state index in [-0.39, 0.29) is 11.4 Å². The first-order chi connectivity index (χ1) is 13.8. The standard InChI is InChI=1S/C21H17ClN2O3S2/c1-10-6-7-13(22)9-14(10)24-17(15-5-4-8-28-15)16(19(26)21(24)27)18(25)20-11(2)23-12(3)29-20/h4-9,17,26H,1-3H3. The van der Waals surface area contributed by atoms with Crippen molar-refractivity contribution < 1.29 is 14.7 Å². The van der Waals surface area contributed by atoms with Crippen molar-refractivity contribution in [3.8, 4) is 0 Å². The fourth-order valence-corrected chi connectivity index (χ4v) is 5.37. The highest BCUT2D eigenvalue weighted by atomic mass is 35.5. The van der Waals surface area contributed by atoms with Crippen LogP contribution in [0.1, 0.15) is 36.9 Å². The Bertz CT molecular complexity index is 1160. The summed E-state index contributed by atoms with van der Waals surface area (Å²) in [7, 11) is 0. The van der Waals surface area contributed by atoms with E-state index in [1.165, 1.54) is 27.6 Å². The fourth-order valence-electron chi connectivity index (χ4n) is 3.51. The van der Waals surface area contributed by atoms with E-state index in [1.807, 2.05) is 37.4 Å². The van der Waals surface area contributed by atoms with E-state index in [4.69, 9.17) is 11.6 Å². The maximum absolute atomic E-state index is 13.4. The molecule has 0 fully saturated rings. The number of aliphatic hydroxyl groups is 1. The lowest BCUT2D eigenvalue weighted by atomic mass is 9.99. The number of aryl methyl sites for hydroxylation is 3. The third-order valence-corrected chi connectivity index (χ3v) is 7.04. The molecule has 1 amide bonds. The molecule has 0 radical (unpaired) electrons. The summed E-state index contributed by atoms with van der Waals surface area (Å²) in [4.78, 5) is 33.5. The summed E-state index contributed by atoms with van der Waals surface area (Å²) in [6.07, 6.45) is 0. The van der Waals surface area contributed by atoms with Crippen molar-refractivity contribution in [1.82, 2.24) is 4.98 Å². The third kappa shape index (κ3) is 3.29. The number of halogens is 1. The largest absolute Gasteiger partial charge is 0.503 e. The van der Waals surface area contributed by atoms with Crippen molar-refractivity contribution in [3.63, 3.8) is 0 Å². The molecule has 0 aliphatic carbocycles. The van der Waals surface area contributed by atoms with Crippen LogP contribution in [-0.4, -0.2) is 21.8 Å². The third-order valence-electron chi connectivity index (χ3n) is 4.81. The van der Waals surface area contributed by atoms with Gasteiger partial charge in [-0.05, 0) is 49.9 Å². The van der Waals surface area contributed by atoms with Crippen LogP contribution in [0.25, 0.3) is 0 Å². The minimum Gasteiger partial charge on any atom is -0.503 e. The lowest BCUT2D eigenvalue weighted by Crippen LogP contribution is -2.31. The Morgan fingerprint density at radius 3 is 2.62 bits per heavy atom. The molecule has 8 heteroatoms. The highest BCUT2D eigenvalue weighted by Gasteiger charge is 2.46. The van der Waals surface area contributed by atoms with E-state index in [0.717, 1.165) is 15.4 Å². The zero-order valence-corrected chi connectivity index (χ0v) is 18.3. The number of anilines is 1. The first-order valence-corrected chi connectivity index (χ1v) is 10.9. The normalized spacial score (nSPS) is 16.8. The molecule has 1 aromatic carbocycles. The molecular weight excluding hydrogens is 428 g/mol. The van der Waals surface area contributed by atoms with Crippen molar-refractivity contribution in [3.05, 3.63) is 78.1 Å². The number of hydrogen-bond acceptors (Lipinski definition) is 6. The van der Waals surface area contributed by atoms with Gasteiger partial charge in [-0.25, -0.2) is 4.98 Å². The van der Waals surface area contributed by atoms with Gasteiger partial charge in [0.15, 0.2) is 5.76 Å². The maximum atomic E-state index is 13.4. The summed E-state index contributed by atoms with van der Waals surface area (Å²) in [6, 6.07) is 8.21. The number of benzene rings is 1. The Kier molecular flexibility index (Phi) is 5.06. The molecule has 2 aromatic heterocycles. The van der Waals surface area contributed by atoms with Gasteiger partial charge in [0.1, 0.15) is 6.04 Å². The quantitative estimate of drug-likeness (QED) is 0.534. The number of thiazole rings is 1. The molecular formula is C21H17ClN2O3S2. The van der Waals surface area contributed by atoms with E-state index in [2.05, 4.69) is 4.98 Å². The first-order valence-electron chi connectivity index (χ1n) is 8.84. The van der Waals surface area contributed by atoms with Crippen LogP contribution in [0.4, 0.5) is 5.69 Å². The van der Waals surface area contributed by atoms with Gasteiger partial charge in [0.2, 0.25) is 5.78 Å². The summed E-state index contributed by atoms with van der Waals surface area (Å²) >= 11 is 8.87. The number of Topliss-reactive ketones (excluding diaryl/α,β-unsaturated/α-hetero) is 1. The van der Waals surface area contributed by atoms with Crippen molar-refractivity contribution in [2.45, 2.75) is 26.8 Å². The second-order valence-corrected chi connectivity index (χ2v) is 9.38. The fraction of sp³-hybridized carbons (Fsp3) is 0.190. The number of thiophene rings is 1. The van der Waals surface area contributed by atoms with Gasteiger partial charge in [0, 0.05) is 15.6 Å². The van der Waals surface area contributed by atoms with E-state index in [0.29, 0.717) is 21.3 Å². The Balaban J connectivity index is 1.90. The van der Waals surface area contributed by atoms with Crippen molar-refractivity contribution >= 4 is 51.7 Å². The molecule has 1 aliphatic rings. The van der Waals surface area contributed by atoms with Gasteiger partial charge in [-0.2, -0.15) is 0 Å². The summed E-state index contributed by atoms with van der Waals surface area (Å²) in [5.41, 5.74) is 2.04. The number of hydrogen-bond donors (Lipinski definition) is 1. The molecule has 1 unspecified atom stereocenters. The van der Waals surface area contributed by atoms with Crippen LogP contribution in [0.2, 0.25) is 5.02 Å². The average molecular weight is 445 g/mol. The summed E-state index contributed by atoms with van der Waals surface area (Å²) < 4.78 is 0. The second-order valence-electron chi connectivity index (χ2n) is 6.76.